The molecule has 0 saturated carbocycles. The zero-order valence-electron chi connectivity index (χ0n) is 11.8. The van der Waals surface area contributed by atoms with Crippen LogP contribution in [0.2, 0.25) is 0 Å². The minimum atomic E-state index is 0.116. The molecule has 0 atom stereocenters. The predicted octanol–water partition coefficient (Wildman–Crippen LogP) is 3.20. The van der Waals surface area contributed by atoms with Crippen LogP contribution in [0.3, 0.4) is 0 Å². The molecule has 0 heterocycles. The number of halogens is 1. The van der Waals surface area contributed by atoms with E-state index in [0.717, 1.165) is 18.5 Å². The van der Waals surface area contributed by atoms with E-state index in [4.69, 9.17) is 4.74 Å². The Hall–Kier alpha value is -1.72. The molecule has 0 fully saturated rings. The summed E-state index contributed by atoms with van der Waals surface area (Å²) < 4.78 is 5.74. The first-order valence-corrected chi connectivity index (χ1v) is 7.43. The lowest BCUT2D eigenvalue weighted by molar-refractivity contribution is 0.371. The Morgan fingerprint density at radius 1 is 1.10 bits per heavy atom. The fraction of sp³-hybridized carbons (Fsp3) is 0.250. The van der Waals surface area contributed by atoms with Gasteiger partial charge >= 0.3 is 0 Å². The number of nitrogens with one attached hydrogen (secondary N) is 1. The second-order valence-corrected chi connectivity index (χ2v) is 5.58. The first kappa shape index (κ1) is 15.7. The molecule has 0 aliphatic rings. The normalized spacial score (nSPS) is 10.6. The van der Waals surface area contributed by atoms with Crippen molar-refractivity contribution in [2.45, 2.75) is 13.0 Å². The molecule has 112 valence electrons. The summed E-state index contributed by atoms with van der Waals surface area (Å²) >= 11 is 3.31. The molecule has 0 radical (unpaired) electrons. The van der Waals surface area contributed by atoms with Gasteiger partial charge in [-0.2, -0.15) is 0 Å². The van der Waals surface area contributed by atoms with Crippen molar-refractivity contribution in [3.63, 3.8) is 0 Å². The lowest BCUT2D eigenvalue weighted by Crippen LogP contribution is -2.16. The SMILES string of the molecule is COc1cc(CNCCc2ccc(O)cc2)cc(Br)c1O. The highest BCUT2D eigenvalue weighted by Crippen LogP contribution is 2.35. The lowest BCUT2D eigenvalue weighted by Gasteiger charge is -2.10. The van der Waals surface area contributed by atoms with E-state index in [2.05, 4.69) is 21.2 Å². The van der Waals surface area contributed by atoms with Crippen LogP contribution < -0.4 is 10.1 Å². The lowest BCUT2D eigenvalue weighted by atomic mass is 10.1. The smallest absolute Gasteiger partial charge is 0.172 e. The third-order valence-corrected chi connectivity index (χ3v) is 3.77. The molecule has 0 aliphatic carbocycles. The monoisotopic (exact) mass is 351 g/mol. The van der Waals surface area contributed by atoms with Gasteiger partial charge in [0.25, 0.3) is 0 Å². The quantitative estimate of drug-likeness (QED) is 0.699. The first-order chi connectivity index (χ1) is 10.1. The first-order valence-electron chi connectivity index (χ1n) is 6.64. The fourth-order valence-corrected chi connectivity index (χ4v) is 2.50. The van der Waals surface area contributed by atoms with Crippen LogP contribution in [-0.2, 0) is 13.0 Å². The summed E-state index contributed by atoms with van der Waals surface area (Å²) in [6.07, 6.45) is 0.886. The van der Waals surface area contributed by atoms with Gasteiger partial charge in [0.15, 0.2) is 11.5 Å². The fourth-order valence-electron chi connectivity index (χ4n) is 2.01. The Labute approximate surface area is 132 Å². The number of hydrogen-bond acceptors (Lipinski definition) is 4. The Balaban J connectivity index is 1.86. The van der Waals surface area contributed by atoms with Gasteiger partial charge in [0.2, 0.25) is 0 Å². The molecule has 3 N–H and O–H groups in total. The van der Waals surface area contributed by atoms with Crippen molar-refractivity contribution in [3.05, 3.63) is 52.0 Å². The number of benzene rings is 2. The highest BCUT2D eigenvalue weighted by Gasteiger charge is 2.08. The predicted molar refractivity (Wildman–Crippen MR) is 85.9 cm³/mol. The van der Waals surface area contributed by atoms with E-state index in [-0.39, 0.29) is 11.5 Å². The summed E-state index contributed by atoms with van der Waals surface area (Å²) in [6.45, 7) is 1.51. The number of methoxy groups -OCH3 is 1. The molecule has 21 heavy (non-hydrogen) atoms. The molecule has 0 bridgehead atoms. The van der Waals surface area contributed by atoms with Gasteiger partial charge in [0.1, 0.15) is 5.75 Å². The Morgan fingerprint density at radius 3 is 2.48 bits per heavy atom. The van der Waals surface area contributed by atoms with Crippen LogP contribution in [-0.4, -0.2) is 23.9 Å². The second kappa shape index (κ2) is 7.33. The van der Waals surface area contributed by atoms with Crippen molar-refractivity contribution in [3.8, 4) is 17.2 Å². The molecule has 0 unspecified atom stereocenters. The molecule has 0 aliphatic heterocycles. The van der Waals surface area contributed by atoms with Crippen molar-refractivity contribution in [1.29, 1.82) is 0 Å². The number of ether oxygens (including phenoxy) is 1. The molecule has 0 saturated heterocycles. The van der Waals surface area contributed by atoms with Gasteiger partial charge in [-0.3, -0.25) is 0 Å². The van der Waals surface area contributed by atoms with Crippen molar-refractivity contribution in [2.24, 2.45) is 0 Å². The van der Waals surface area contributed by atoms with Gasteiger partial charge < -0.3 is 20.3 Å². The van der Waals surface area contributed by atoms with Gasteiger partial charge in [0.05, 0.1) is 11.6 Å². The van der Waals surface area contributed by atoms with E-state index in [0.29, 0.717) is 16.8 Å². The van der Waals surface area contributed by atoms with Crippen LogP contribution in [0.4, 0.5) is 0 Å². The summed E-state index contributed by atoms with van der Waals surface area (Å²) in [7, 11) is 1.53. The number of hydrogen-bond donors (Lipinski definition) is 3. The molecule has 0 amide bonds. The van der Waals surface area contributed by atoms with E-state index >= 15 is 0 Å². The molecular formula is C16H18BrNO3. The summed E-state index contributed by atoms with van der Waals surface area (Å²) in [5.41, 5.74) is 2.20. The van der Waals surface area contributed by atoms with E-state index in [1.807, 2.05) is 24.3 Å². The van der Waals surface area contributed by atoms with E-state index in [1.54, 1.807) is 12.1 Å². The van der Waals surface area contributed by atoms with Gasteiger partial charge in [-0.25, -0.2) is 0 Å². The Bertz CT molecular complexity index is 599. The minimum absolute atomic E-state index is 0.116. The molecule has 2 aromatic rings. The average Bonchev–Trinajstić information content (AvgIpc) is 2.48. The summed E-state index contributed by atoms with van der Waals surface area (Å²) in [6, 6.07) is 10.9. The zero-order chi connectivity index (χ0) is 15.2. The van der Waals surface area contributed by atoms with Crippen LogP contribution in [0.25, 0.3) is 0 Å². The number of rotatable bonds is 6. The third kappa shape index (κ3) is 4.37. The van der Waals surface area contributed by atoms with E-state index in [1.165, 1.54) is 12.7 Å². The molecule has 2 aromatic carbocycles. The molecule has 0 aromatic heterocycles. The maximum Gasteiger partial charge on any atom is 0.172 e. The second-order valence-electron chi connectivity index (χ2n) is 4.72. The zero-order valence-corrected chi connectivity index (χ0v) is 13.4. The van der Waals surface area contributed by atoms with Crippen molar-refractivity contribution < 1.29 is 14.9 Å². The number of phenolic OH excluding ortho intramolecular Hbond substituents is 2. The van der Waals surface area contributed by atoms with E-state index in [9.17, 15) is 10.2 Å². The topological polar surface area (TPSA) is 61.7 Å². The molecule has 2 rings (SSSR count). The van der Waals surface area contributed by atoms with Crippen LogP contribution in [0.15, 0.2) is 40.9 Å². The minimum Gasteiger partial charge on any atom is -0.508 e. The molecular weight excluding hydrogens is 334 g/mol. The van der Waals surface area contributed by atoms with Crippen molar-refractivity contribution >= 4 is 15.9 Å². The van der Waals surface area contributed by atoms with Crippen molar-refractivity contribution in [2.75, 3.05) is 13.7 Å². The van der Waals surface area contributed by atoms with Gasteiger partial charge in [-0.05, 0) is 64.3 Å². The Morgan fingerprint density at radius 2 is 1.81 bits per heavy atom. The van der Waals surface area contributed by atoms with Crippen molar-refractivity contribution in [1.82, 2.24) is 5.32 Å². The van der Waals surface area contributed by atoms with Gasteiger partial charge in [0, 0.05) is 6.54 Å². The standard InChI is InChI=1S/C16H18BrNO3/c1-21-15-9-12(8-14(17)16(15)20)10-18-7-6-11-2-4-13(19)5-3-11/h2-5,8-9,18-20H,6-7,10H2,1H3. The van der Waals surface area contributed by atoms with Crippen LogP contribution in [0.5, 0.6) is 17.2 Å². The van der Waals surface area contributed by atoms with Crippen LogP contribution in [0, 0.1) is 0 Å². The van der Waals surface area contributed by atoms with Crippen LogP contribution in [0.1, 0.15) is 11.1 Å². The van der Waals surface area contributed by atoms with Gasteiger partial charge in [-0.15, -0.1) is 0 Å². The number of phenols is 2. The highest BCUT2D eigenvalue weighted by molar-refractivity contribution is 9.10. The van der Waals surface area contributed by atoms with E-state index < -0.39 is 0 Å². The average molecular weight is 352 g/mol. The summed E-state index contributed by atoms with van der Waals surface area (Å²) in [5.74, 6) is 0.859. The maximum absolute atomic E-state index is 9.75. The molecule has 5 heteroatoms. The third-order valence-electron chi connectivity index (χ3n) is 3.16. The maximum atomic E-state index is 9.75. The summed E-state index contributed by atoms with van der Waals surface area (Å²) in [4.78, 5) is 0. The van der Waals surface area contributed by atoms with Crippen LogP contribution >= 0.6 is 15.9 Å². The highest BCUT2D eigenvalue weighted by atomic mass is 79.9. The number of aromatic hydroxyl groups is 2. The van der Waals surface area contributed by atoms with Gasteiger partial charge in [-0.1, -0.05) is 12.1 Å². The largest absolute Gasteiger partial charge is 0.508 e. The molecule has 4 nitrogen and oxygen atoms in total. The molecule has 0 spiro atoms. The Kier molecular flexibility index (Phi) is 5.47. The summed E-state index contributed by atoms with van der Waals surface area (Å²) in [5, 5.41) is 22.3.